The summed E-state index contributed by atoms with van der Waals surface area (Å²) < 4.78 is 5.48. The summed E-state index contributed by atoms with van der Waals surface area (Å²) >= 11 is 0. The molecular formula is C14H19N3O4. The van der Waals surface area contributed by atoms with Gasteiger partial charge in [-0.1, -0.05) is 0 Å². The Bertz CT molecular complexity index is 527. The van der Waals surface area contributed by atoms with Gasteiger partial charge in [0, 0.05) is 31.8 Å². The van der Waals surface area contributed by atoms with Crippen LogP contribution in [0.25, 0.3) is 0 Å². The van der Waals surface area contributed by atoms with Gasteiger partial charge in [0.15, 0.2) is 0 Å². The molecule has 1 amide bonds. The van der Waals surface area contributed by atoms with E-state index >= 15 is 0 Å². The molecule has 0 aliphatic carbocycles. The number of rotatable bonds is 6. The monoisotopic (exact) mass is 293 g/mol. The van der Waals surface area contributed by atoms with Crippen LogP contribution in [0.1, 0.15) is 29.6 Å². The number of nitro groups is 1. The van der Waals surface area contributed by atoms with Gasteiger partial charge in [-0.3, -0.25) is 14.9 Å². The lowest BCUT2D eigenvalue weighted by atomic mass is 10.1. The Morgan fingerprint density at radius 1 is 1.52 bits per heavy atom. The minimum atomic E-state index is -0.481. The standard InChI is InChI=1S/C14H19N3O4/c1-15-12-9-10(4-5-13(12)17(19)20)14(18)16-7-6-11-3-2-8-21-11/h4-5,9,11,15H,2-3,6-8H2,1H3,(H,16,18). The summed E-state index contributed by atoms with van der Waals surface area (Å²) in [5.41, 5.74) is 0.678. The van der Waals surface area contributed by atoms with Crippen molar-refractivity contribution in [2.75, 3.05) is 25.5 Å². The summed E-state index contributed by atoms with van der Waals surface area (Å²) in [4.78, 5) is 22.4. The fourth-order valence-corrected chi connectivity index (χ4v) is 2.36. The summed E-state index contributed by atoms with van der Waals surface area (Å²) in [6.45, 7) is 1.34. The molecule has 0 saturated carbocycles. The second-order valence-electron chi connectivity index (χ2n) is 4.92. The van der Waals surface area contributed by atoms with Crippen molar-refractivity contribution in [3.63, 3.8) is 0 Å². The fraction of sp³-hybridized carbons (Fsp3) is 0.500. The highest BCUT2D eigenvalue weighted by molar-refractivity contribution is 5.95. The van der Waals surface area contributed by atoms with Crippen LogP contribution < -0.4 is 10.6 Å². The van der Waals surface area contributed by atoms with Crippen LogP contribution >= 0.6 is 0 Å². The summed E-state index contributed by atoms with van der Waals surface area (Å²) in [7, 11) is 1.58. The van der Waals surface area contributed by atoms with E-state index in [1.54, 1.807) is 7.05 Å². The van der Waals surface area contributed by atoms with Crippen LogP contribution in [0.5, 0.6) is 0 Å². The van der Waals surface area contributed by atoms with E-state index in [1.807, 2.05) is 0 Å². The predicted molar refractivity (Wildman–Crippen MR) is 78.6 cm³/mol. The third-order valence-corrected chi connectivity index (χ3v) is 3.50. The lowest BCUT2D eigenvalue weighted by Gasteiger charge is -2.10. The number of nitro benzene ring substituents is 1. The predicted octanol–water partition coefficient (Wildman–Crippen LogP) is 1.94. The maximum absolute atomic E-state index is 12.0. The van der Waals surface area contributed by atoms with Gasteiger partial charge in [-0.15, -0.1) is 0 Å². The van der Waals surface area contributed by atoms with Gasteiger partial charge < -0.3 is 15.4 Å². The highest BCUT2D eigenvalue weighted by Gasteiger charge is 2.17. The molecule has 21 heavy (non-hydrogen) atoms. The zero-order valence-corrected chi connectivity index (χ0v) is 11.9. The van der Waals surface area contributed by atoms with Crippen LogP contribution in [0.15, 0.2) is 18.2 Å². The van der Waals surface area contributed by atoms with Crippen LogP contribution in [0, 0.1) is 10.1 Å². The normalized spacial score (nSPS) is 17.5. The van der Waals surface area contributed by atoms with Crippen LogP contribution in [0.2, 0.25) is 0 Å². The third-order valence-electron chi connectivity index (χ3n) is 3.50. The van der Waals surface area contributed by atoms with Crippen molar-refractivity contribution in [3.05, 3.63) is 33.9 Å². The maximum Gasteiger partial charge on any atom is 0.292 e. The maximum atomic E-state index is 12.0. The molecule has 0 spiro atoms. The Morgan fingerprint density at radius 3 is 2.95 bits per heavy atom. The van der Waals surface area contributed by atoms with Crippen molar-refractivity contribution in [2.24, 2.45) is 0 Å². The lowest BCUT2D eigenvalue weighted by Crippen LogP contribution is -2.27. The number of hydrogen-bond acceptors (Lipinski definition) is 5. The Balaban J connectivity index is 1.93. The molecule has 1 atom stereocenters. The van der Waals surface area contributed by atoms with Crippen molar-refractivity contribution in [1.82, 2.24) is 5.32 Å². The first-order chi connectivity index (χ1) is 10.1. The number of nitrogens with zero attached hydrogens (tertiary/aromatic N) is 1. The molecule has 1 aliphatic heterocycles. The Kier molecular flexibility index (Phi) is 5.10. The minimum absolute atomic E-state index is 0.0478. The number of carbonyl (C=O) groups excluding carboxylic acids is 1. The minimum Gasteiger partial charge on any atom is -0.383 e. The largest absolute Gasteiger partial charge is 0.383 e. The van der Waals surface area contributed by atoms with Gasteiger partial charge in [0.05, 0.1) is 11.0 Å². The summed E-state index contributed by atoms with van der Waals surface area (Å²) in [5, 5.41) is 16.4. The first-order valence-corrected chi connectivity index (χ1v) is 6.98. The highest BCUT2D eigenvalue weighted by Crippen LogP contribution is 2.24. The average Bonchev–Trinajstić information content (AvgIpc) is 2.99. The number of amides is 1. The molecule has 2 rings (SSSR count). The van der Waals surface area contributed by atoms with Crippen molar-refractivity contribution >= 4 is 17.3 Å². The molecule has 1 aromatic carbocycles. The number of anilines is 1. The number of ether oxygens (including phenoxy) is 1. The number of carbonyl (C=O) groups is 1. The van der Waals surface area contributed by atoms with Gasteiger partial charge in [0.2, 0.25) is 0 Å². The zero-order valence-electron chi connectivity index (χ0n) is 11.9. The van der Waals surface area contributed by atoms with E-state index < -0.39 is 4.92 Å². The smallest absolute Gasteiger partial charge is 0.292 e. The van der Waals surface area contributed by atoms with E-state index in [-0.39, 0.29) is 17.7 Å². The Morgan fingerprint density at radius 2 is 2.33 bits per heavy atom. The topological polar surface area (TPSA) is 93.5 Å². The highest BCUT2D eigenvalue weighted by atomic mass is 16.6. The quantitative estimate of drug-likeness (QED) is 0.617. The molecule has 1 unspecified atom stereocenters. The van der Waals surface area contributed by atoms with E-state index in [9.17, 15) is 14.9 Å². The van der Waals surface area contributed by atoms with E-state index in [2.05, 4.69) is 10.6 Å². The SMILES string of the molecule is CNc1cc(C(=O)NCCC2CCCO2)ccc1[N+](=O)[O-]. The van der Waals surface area contributed by atoms with Gasteiger partial charge in [0.1, 0.15) is 5.69 Å². The molecule has 2 N–H and O–H groups in total. The molecule has 1 heterocycles. The molecule has 1 aliphatic rings. The van der Waals surface area contributed by atoms with Gasteiger partial charge in [-0.2, -0.15) is 0 Å². The van der Waals surface area contributed by atoms with Gasteiger partial charge >= 0.3 is 0 Å². The first-order valence-electron chi connectivity index (χ1n) is 6.98. The molecule has 0 radical (unpaired) electrons. The molecular weight excluding hydrogens is 274 g/mol. The van der Waals surface area contributed by atoms with Gasteiger partial charge in [-0.25, -0.2) is 0 Å². The molecule has 1 saturated heterocycles. The van der Waals surface area contributed by atoms with Crippen molar-refractivity contribution < 1.29 is 14.5 Å². The second-order valence-corrected chi connectivity index (χ2v) is 4.92. The second kappa shape index (κ2) is 7.03. The summed E-state index contributed by atoms with van der Waals surface area (Å²) in [6.07, 6.45) is 3.14. The molecule has 7 nitrogen and oxygen atoms in total. The van der Waals surface area contributed by atoms with Crippen LogP contribution in [0.4, 0.5) is 11.4 Å². The molecule has 1 fully saturated rings. The van der Waals surface area contributed by atoms with Crippen molar-refractivity contribution in [3.8, 4) is 0 Å². The van der Waals surface area contributed by atoms with Gasteiger partial charge in [0.25, 0.3) is 11.6 Å². The van der Waals surface area contributed by atoms with E-state index in [0.717, 1.165) is 25.9 Å². The molecule has 114 valence electrons. The Hall–Kier alpha value is -2.15. The average molecular weight is 293 g/mol. The summed E-state index contributed by atoms with van der Waals surface area (Å²) in [6, 6.07) is 4.28. The third kappa shape index (κ3) is 3.91. The summed E-state index contributed by atoms with van der Waals surface area (Å²) in [5.74, 6) is -0.237. The number of hydrogen-bond donors (Lipinski definition) is 2. The van der Waals surface area contributed by atoms with Crippen molar-refractivity contribution in [1.29, 1.82) is 0 Å². The van der Waals surface area contributed by atoms with Crippen molar-refractivity contribution in [2.45, 2.75) is 25.4 Å². The molecule has 1 aromatic rings. The van der Waals surface area contributed by atoms with E-state index in [0.29, 0.717) is 17.8 Å². The molecule has 0 bridgehead atoms. The van der Waals surface area contributed by atoms with E-state index in [4.69, 9.17) is 4.74 Å². The number of nitrogens with one attached hydrogen (secondary N) is 2. The molecule has 0 aromatic heterocycles. The van der Waals surface area contributed by atoms with Crippen LogP contribution in [-0.4, -0.2) is 37.1 Å². The van der Waals surface area contributed by atoms with E-state index in [1.165, 1.54) is 18.2 Å². The lowest BCUT2D eigenvalue weighted by molar-refractivity contribution is -0.383. The molecule has 7 heteroatoms. The zero-order chi connectivity index (χ0) is 15.2. The van der Waals surface area contributed by atoms with Gasteiger partial charge in [-0.05, 0) is 31.4 Å². The first kappa shape index (κ1) is 15.2. The Labute approximate surface area is 122 Å². The van der Waals surface area contributed by atoms with Crippen LogP contribution in [0.3, 0.4) is 0 Å². The van der Waals surface area contributed by atoms with Crippen LogP contribution in [-0.2, 0) is 4.74 Å². The number of benzene rings is 1. The fourth-order valence-electron chi connectivity index (χ4n) is 2.36.